The van der Waals surface area contributed by atoms with Crippen LogP contribution in [0.3, 0.4) is 0 Å². The van der Waals surface area contributed by atoms with E-state index in [2.05, 4.69) is 14.7 Å². The fraction of sp³-hybridized carbons (Fsp3) is 0.222. The van der Waals surface area contributed by atoms with E-state index in [-0.39, 0.29) is 17.0 Å². The summed E-state index contributed by atoms with van der Waals surface area (Å²) in [6.45, 7) is 0.165. The van der Waals surface area contributed by atoms with Gasteiger partial charge in [-0.05, 0) is 42.3 Å². The number of ether oxygens (including phenoxy) is 2. The molecule has 3 N–H and O–H groups in total. The molecule has 0 aliphatic carbocycles. The maximum absolute atomic E-state index is 12.5. The second-order valence-corrected chi connectivity index (χ2v) is 7.72. The Bertz CT molecular complexity index is 1230. The fourth-order valence-corrected chi connectivity index (χ4v) is 3.77. The monoisotopic (exact) mass is 405 g/mol. The molecular weight excluding hydrogens is 386 g/mol. The summed E-state index contributed by atoms with van der Waals surface area (Å²) in [6, 6.07) is 9.44. The highest BCUT2D eigenvalue weighted by Gasteiger charge is 2.15. The number of hydrogen-bond acceptors (Lipinski definition) is 6. The quantitative estimate of drug-likeness (QED) is 0.498. The average Bonchev–Trinajstić information content (AvgIpc) is 2.68. The first-order valence-electron chi connectivity index (χ1n) is 8.31. The smallest absolute Gasteiger partial charge is 0.314 e. The molecule has 148 valence electrons. The van der Waals surface area contributed by atoms with E-state index in [1.54, 1.807) is 12.1 Å². The highest BCUT2D eigenvalue weighted by atomic mass is 32.2. The van der Waals surface area contributed by atoms with Gasteiger partial charge in [-0.15, -0.1) is 0 Å². The van der Waals surface area contributed by atoms with Crippen LogP contribution in [0.1, 0.15) is 5.56 Å². The van der Waals surface area contributed by atoms with Crippen molar-refractivity contribution in [3.63, 3.8) is 0 Å². The number of rotatable bonds is 7. The van der Waals surface area contributed by atoms with Crippen molar-refractivity contribution in [3.05, 3.63) is 62.7 Å². The number of aromatic amines is 2. The maximum atomic E-state index is 12.5. The van der Waals surface area contributed by atoms with Gasteiger partial charge in [-0.1, -0.05) is 6.07 Å². The van der Waals surface area contributed by atoms with E-state index in [4.69, 9.17) is 9.47 Å². The summed E-state index contributed by atoms with van der Waals surface area (Å²) >= 11 is 0. The molecule has 0 atom stereocenters. The summed E-state index contributed by atoms with van der Waals surface area (Å²) in [5.74, 6) is 1.16. The number of fused-ring (bicyclic) bond motifs is 1. The van der Waals surface area contributed by atoms with Crippen LogP contribution in [0.5, 0.6) is 11.5 Å². The summed E-state index contributed by atoms with van der Waals surface area (Å²) < 4.78 is 38.0. The Kier molecular flexibility index (Phi) is 5.52. The van der Waals surface area contributed by atoms with Gasteiger partial charge in [-0.3, -0.25) is 9.59 Å². The highest BCUT2D eigenvalue weighted by Crippen LogP contribution is 2.27. The van der Waals surface area contributed by atoms with Gasteiger partial charge in [0.15, 0.2) is 11.5 Å². The van der Waals surface area contributed by atoms with Gasteiger partial charge in [0.2, 0.25) is 10.0 Å². The molecule has 28 heavy (non-hydrogen) atoms. The zero-order chi connectivity index (χ0) is 20.3. The van der Waals surface area contributed by atoms with E-state index < -0.39 is 21.1 Å². The van der Waals surface area contributed by atoms with Gasteiger partial charge >= 0.3 is 11.1 Å². The van der Waals surface area contributed by atoms with Crippen molar-refractivity contribution in [3.8, 4) is 11.5 Å². The first-order chi connectivity index (χ1) is 13.3. The van der Waals surface area contributed by atoms with E-state index in [1.165, 1.54) is 32.4 Å². The molecule has 0 amide bonds. The Labute approximate surface area is 160 Å². The SMILES string of the molecule is COc1ccc(CCNS(=O)(=O)c2ccc3[nH]c(=O)c(=O)[nH]c3c2)cc1OC. The molecule has 3 aromatic rings. The fourth-order valence-electron chi connectivity index (χ4n) is 2.71. The lowest BCUT2D eigenvalue weighted by atomic mass is 10.1. The molecule has 1 heterocycles. The number of methoxy groups -OCH3 is 2. The van der Waals surface area contributed by atoms with Crippen molar-refractivity contribution in [2.24, 2.45) is 0 Å². The molecule has 0 fully saturated rings. The Balaban J connectivity index is 1.75. The van der Waals surface area contributed by atoms with E-state index in [9.17, 15) is 18.0 Å². The van der Waals surface area contributed by atoms with Crippen molar-refractivity contribution in [1.82, 2.24) is 14.7 Å². The Morgan fingerprint density at radius 2 is 1.57 bits per heavy atom. The second-order valence-electron chi connectivity index (χ2n) is 5.95. The Hall–Kier alpha value is -3.11. The predicted molar refractivity (Wildman–Crippen MR) is 104 cm³/mol. The molecule has 2 aromatic carbocycles. The molecule has 0 saturated carbocycles. The minimum Gasteiger partial charge on any atom is -0.493 e. The van der Waals surface area contributed by atoms with Gasteiger partial charge in [-0.2, -0.15) is 0 Å². The van der Waals surface area contributed by atoms with Gasteiger partial charge in [0.05, 0.1) is 30.1 Å². The third kappa shape index (κ3) is 4.07. The van der Waals surface area contributed by atoms with Crippen LogP contribution in [-0.4, -0.2) is 39.2 Å². The minimum absolute atomic E-state index is 0.0185. The number of benzene rings is 2. The normalized spacial score (nSPS) is 11.5. The van der Waals surface area contributed by atoms with Crippen LogP contribution >= 0.6 is 0 Å². The van der Waals surface area contributed by atoms with Gasteiger partial charge in [-0.25, -0.2) is 13.1 Å². The molecular formula is C18H19N3O6S. The molecule has 3 rings (SSSR count). The first kappa shape index (κ1) is 19.6. The molecule has 9 nitrogen and oxygen atoms in total. The molecule has 0 aliphatic rings. The number of aromatic nitrogens is 2. The van der Waals surface area contributed by atoms with Crippen LogP contribution in [0.15, 0.2) is 50.9 Å². The molecule has 0 unspecified atom stereocenters. The topological polar surface area (TPSA) is 130 Å². The summed E-state index contributed by atoms with van der Waals surface area (Å²) in [6.07, 6.45) is 0.442. The van der Waals surface area contributed by atoms with E-state index in [0.717, 1.165) is 5.56 Å². The summed E-state index contributed by atoms with van der Waals surface area (Å²) in [4.78, 5) is 27.5. The van der Waals surface area contributed by atoms with Gasteiger partial charge in [0.1, 0.15) is 0 Å². The predicted octanol–water partition coefficient (Wildman–Crippen LogP) is 0.755. The third-order valence-electron chi connectivity index (χ3n) is 4.16. The maximum Gasteiger partial charge on any atom is 0.314 e. The van der Waals surface area contributed by atoms with Crippen molar-refractivity contribution >= 4 is 21.1 Å². The van der Waals surface area contributed by atoms with Crippen molar-refractivity contribution in [2.75, 3.05) is 20.8 Å². The average molecular weight is 405 g/mol. The van der Waals surface area contributed by atoms with Gasteiger partial charge < -0.3 is 19.4 Å². The van der Waals surface area contributed by atoms with Crippen molar-refractivity contribution in [1.29, 1.82) is 0 Å². The van der Waals surface area contributed by atoms with Gasteiger partial charge in [0.25, 0.3) is 0 Å². The summed E-state index contributed by atoms with van der Waals surface area (Å²) in [5, 5.41) is 0. The molecule has 10 heteroatoms. The second kappa shape index (κ2) is 7.87. The van der Waals surface area contributed by atoms with Crippen LogP contribution in [0.4, 0.5) is 0 Å². The molecule has 1 aromatic heterocycles. The highest BCUT2D eigenvalue weighted by molar-refractivity contribution is 7.89. The molecule has 0 saturated heterocycles. The van der Waals surface area contributed by atoms with Crippen LogP contribution in [-0.2, 0) is 16.4 Å². The van der Waals surface area contributed by atoms with Crippen LogP contribution in [0.2, 0.25) is 0 Å². The third-order valence-corrected chi connectivity index (χ3v) is 5.62. The van der Waals surface area contributed by atoms with E-state index in [1.807, 2.05) is 6.07 Å². The standard InChI is InChI=1S/C18H19N3O6S/c1-26-15-6-3-11(9-16(15)27-2)7-8-19-28(24,25)12-4-5-13-14(10-12)21-18(23)17(22)20-13/h3-6,9-10,19H,7-8H2,1-2H3,(H,20,22)(H,21,23). The van der Waals surface area contributed by atoms with Crippen molar-refractivity contribution in [2.45, 2.75) is 11.3 Å². The molecule has 0 radical (unpaired) electrons. The number of sulfonamides is 1. The molecule has 0 bridgehead atoms. The summed E-state index contributed by atoms with van der Waals surface area (Å²) in [5.41, 5.74) is -0.193. The number of H-pyrrole nitrogens is 2. The lowest BCUT2D eigenvalue weighted by Crippen LogP contribution is -2.29. The van der Waals surface area contributed by atoms with E-state index in [0.29, 0.717) is 23.4 Å². The molecule has 0 spiro atoms. The summed E-state index contributed by atoms with van der Waals surface area (Å²) in [7, 11) is -0.724. The van der Waals surface area contributed by atoms with E-state index >= 15 is 0 Å². The zero-order valence-electron chi connectivity index (χ0n) is 15.2. The number of hydrogen-bond donors (Lipinski definition) is 3. The Morgan fingerprint density at radius 1 is 0.893 bits per heavy atom. The minimum atomic E-state index is -3.79. The van der Waals surface area contributed by atoms with Crippen LogP contribution in [0.25, 0.3) is 11.0 Å². The zero-order valence-corrected chi connectivity index (χ0v) is 16.1. The Morgan fingerprint density at radius 3 is 2.25 bits per heavy atom. The van der Waals surface area contributed by atoms with Crippen LogP contribution in [0, 0.1) is 0 Å². The van der Waals surface area contributed by atoms with Crippen LogP contribution < -0.4 is 25.3 Å². The largest absolute Gasteiger partial charge is 0.493 e. The number of nitrogens with one attached hydrogen (secondary N) is 3. The molecule has 0 aliphatic heterocycles. The van der Waals surface area contributed by atoms with Gasteiger partial charge in [0, 0.05) is 6.54 Å². The lowest BCUT2D eigenvalue weighted by Gasteiger charge is -2.10. The first-order valence-corrected chi connectivity index (χ1v) is 9.79. The van der Waals surface area contributed by atoms with Crippen molar-refractivity contribution < 1.29 is 17.9 Å². The lowest BCUT2D eigenvalue weighted by molar-refractivity contribution is 0.354.